The van der Waals surface area contributed by atoms with E-state index >= 15 is 0 Å². The highest BCUT2D eigenvalue weighted by Crippen LogP contribution is 2.18. The second kappa shape index (κ2) is 10.2. The topological polar surface area (TPSA) is 58.2 Å². The fourth-order valence-corrected chi connectivity index (χ4v) is 4.18. The summed E-state index contributed by atoms with van der Waals surface area (Å²) in [6.07, 6.45) is 9.80. The normalized spacial score (nSPS) is 16.1. The van der Waals surface area contributed by atoms with Crippen LogP contribution in [0.25, 0.3) is 6.08 Å². The monoisotopic (exact) mass is 396 g/mol. The van der Waals surface area contributed by atoms with Crippen molar-refractivity contribution in [2.45, 2.75) is 57.9 Å². The summed E-state index contributed by atoms with van der Waals surface area (Å²) < 4.78 is 0. The predicted molar refractivity (Wildman–Crippen MR) is 115 cm³/mol. The third-order valence-electron chi connectivity index (χ3n) is 5.04. The highest BCUT2D eigenvalue weighted by Gasteiger charge is 2.19. The first-order valence-electron chi connectivity index (χ1n) is 10.1. The fraction of sp³-hybridized carbons (Fsp3) is 0.391. The number of nitrogens with one attached hydrogen (secondary N) is 2. The van der Waals surface area contributed by atoms with Crippen LogP contribution in [0.3, 0.4) is 0 Å². The van der Waals surface area contributed by atoms with E-state index in [0.29, 0.717) is 11.3 Å². The lowest BCUT2D eigenvalue weighted by molar-refractivity contribution is -0.118. The van der Waals surface area contributed by atoms with Gasteiger partial charge in [-0.1, -0.05) is 55.9 Å². The Hall–Kier alpha value is -2.40. The van der Waals surface area contributed by atoms with E-state index in [4.69, 9.17) is 0 Å². The van der Waals surface area contributed by atoms with Crippen molar-refractivity contribution in [3.05, 3.63) is 63.5 Å². The molecule has 0 unspecified atom stereocenters. The summed E-state index contributed by atoms with van der Waals surface area (Å²) in [5.74, 6) is -0.473. The molecule has 1 aromatic heterocycles. The molecule has 2 aromatic rings. The van der Waals surface area contributed by atoms with Crippen LogP contribution in [0.2, 0.25) is 0 Å². The Morgan fingerprint density at radius 2 is 1.79 bits per heavy atom. The minimum atomic E-state index is -0.265. The molecule has 4 nitrogen and oxygen atoms in total. The van der Waals surface area contributed by atoms with Gasteiger partial charge >= 0.3 is 0 Å². The van der Waals surface area contributed by atoms with Crippen LogP contribution >= 0.6 is 11.3 Å². The van der Waals surface area contributed by atoms with Crippen LogP contribution in [0.5, 0.6) is 0 Å². The molecule has 2 N–H and O–H groups in total. The average Bonchev–Trinajstić information content (AvgIpc) is 3.16. The third kappa shape index (κ3) is 6.06. The molecule has 0 aliphatic heterocycles. The van der Waals surface area contributed by atoms with Crippen LogP contribution in [-0.4, -0.2) is 17.9 Å². The lowest BCUT2D eigenvalue weighted by Crippen LogP contribution is -2.40. The van der Waals surface area contributed by atoms with Crippen LogP contribution in [0.4, 0.5) is 0 Å². The second-order valence-corrected chi connectivity index (χ2v) is 8.39. The third-order valence-corrected chi connectivity index (χ3v) is 5.86. The van der Waals surface area contributed by atoms with Gasteiger partial charge in [-0.15, -0.1) is 11.3 Å². The maximum atomic E-state index is 13.0. The molecule has 1 saturated carbocycles. The van der Waals surface area contributed by atoms with Crippen molar-refractivity contribution < 1.29 is 9.59 Å². The summed E-state index contributed by atoms with van der Waals surface area (Å²) in [7, 11) is 0. The van der Waals surface area contributed by atoms with Crippen molar-refractivity contribution in [3.8, 4) is 0 Å². The van der Waals surface area contributed by atoms with E-state index in [1.807, 2.05) is 42.6 Å². The van der Waals surface area contributed by atoms with Crippen LogP contribution in [0, 0.1) is 6.92 Å². The van der Waals surface area contributed by atoms with E-state index in [1.165, 1.54) is 30.6 Å². The zero-order chi connectivity index (χ0) is 19.8. The van der Waals surface area contributed by atoms with Crippen molar-refractivity contribution >= 4 is 29.2 Å². The zero-order valence-corrected chi connectivity index (χ0v) is 17.2. The highest BCUT2D eigenvalue weighted by atomic mass is 32.1. The Kier molecular flexibility index (Phi) is 7.43. The molecule has 0 radical (unpaired) electrons. The maximum Gasteiger partial charge on any atom is 0.268 e. The molecule has 0 bridgehead atoms. The van der Waals surface area contributed by atoms with Gasteiger partial charge in [-0.3, -0.25) is 9.59 Å². The number of amides is 2. The summed E-state index contributed by atoms with van der Waals surface area (Å²) in [5, 5.41) is 7.94. The Morgan fingerprint density at radius 1 is 1.04 bits per heavy atom. The summed E-state index contributed by atoms with van der Waals surface area (Å²) in [6.45, 7) is 1.94. The molecular formula is C23H28N2O2S. The maximum absolute atomic E-state index is 13.0. The molecule has 0 atom stereocenters. The standard InChI is InChI=1S/C23H28N2O2S/c1-17-9-7-10-18(15-17)22(26)25-21(16-20-13-8-14-28-20)23(27)24-19-11-5-3-2-4-6-12-19/h7-10,13-16,19H,2-6,11-12H2,1H3,(H,24,27)(H,25,26)/b21-16-. The van der Waals surface area contributed by atoms with E-state index in [0.717, 1.165) is 36.1 Å². The smallest absolute Gasteiger partial charge is 0.268 e. The Morgan fingerprint density at radius 3 is 2.46 bits per heavy atom. The van der Waals surface area contributed by atoms with Crippen LogP contribution in [0.15, 0.2) is 47.5 Å². The molecule has 3 rings (SSSR count). The Balaban J connectivity index is 1.74. The molecule has 0 spiro atoms. The van der Waals surface area contributed by atoms with E-state index < -0.39 is 0 Å². The van der Waals surface area contributed by atoms with Crippen LogP contribution in [0.1, 0.15) is 65.7 Å². The molecule has 1 fully saturated rings. The van der Waals surface area contributed by atoms with E-state index in [2.05, 4.69) is 10.6 Å². The Bertz CT molecular complexity index is 819. The van der Waals surface area contributed by atoms with Gasteiger partial charge in [0.05, 0.1) is 0 Å². The van der Waals surface area contributed by atoms with Gasteiger partial charge in [0, 0.05) is 16.5 Å². The molecule has 1 aliphatic carbocycles. The minimum Gasteiger partial charge on any atom is -0.348 e. The van der Waals surface area contributed by atoms with Crippen molar-refractivity contribution in [2.75, 3.05) is 0 Å². The lowest BCUT2D eigenvalue weighted by atomic mass is 9.96. The van der Waals surface area contributed by atoms with E-state index in [9.17, 15) is 9.59 Å². The van der Waals surface area contributed by atoms with Gasteiger partial charge in [0.1, 0.15) is 5.70 Å². The minimum absolute atomic E-state index is 0.176. The van der Waals surface area contributed by atoms with Crippen LogP contribution < -0.4 is 10.6 Å². The van der Waals surface area contributed by atoms with E-state index in [1.54, 1.807) is 12.1 Å². The fourth-order valence-electron chi connectivity index (χ4n) is 3.52. The first-order chi connectivity index (χ1) is 13.6. The molecule has 2 amide bonds. The van der Waals surface area contributed by atoms with Gasteiger partial charge in [-0.2, -0.15) is 0 Å². The number of hydrogen-bond donors (Lipinski definition) is 2. The van der Waals surface area contributed by atoms with Gasteiger partial charge < -0.3 is 10.6 Å². The second-order valence-electron chi connectivity index (χ2n) is 7.41. The quantitative estimate of drug-likeness (QED) is 0.694. The van der Waals surface area contributed by atoms with E-state index in [-0.39, 0.29) is 17.9 Å². The molecule has 1 heterocycles. The van der Waals surface area contributed by atoms with Crippen molar-refractivity contribution in [1.82, 2.24) is 10.6 Å². The number of aryl methyl sites for hydroxylation is 1. The molecule has 1 aliphatic rings. The molecule has 5 heteroatoms. The number of carbonyl (C=O) groups is 2. The number of carbonyl (C=O) groups excluding carboxylic acids is 2. The van der Waals surface area contributed by atoms with Crippen molar-refractivity contribution in [1.29, 1.82) is 0 Å². The van der Waals surface area contributed by atoms with Gasteiger partial charge in [0.25, 0.3) is 11.8 Å². The zero-order valence-electron chi connectivity index (χ0n) is 16.4. The molecule has 0 saturated heterocycles. The molecule has 1 aromatic carbocycles. The first kappa shape index (κ1) is 20.3. The first-order valence-corrected chi connectivity index (χ1v) is 10.9. The highest BCUT2D eigenvalue weighted by molar-refractivity contribution is 7.10. The van der Waals surface area contributed by atoms with Crippen molar-refractivity contribution in [2.24, 2.45) is 0 Å². The van der Waals surface area contributed by atoms with Gasteiger partial charge in [-0.25, -0.2) is 0 Å². The van der Waals surface area contributed by atoms with Crippen molar-refractivity contribution in [3.63, 3.8) is 0 Å². The Labute approximate surface area is 171 Å². The van der Waals surface area contributed by atoms with Crippen LogP contribution in [-0.2, 0) is 4.79 Å². The summed E-state index contributed by atoms with van der Waals surface area (Å²) in [4.78, 5) is 26.6. The number of thiophene rings is 1. The van der Waals surface area contributed by atoms with Gasteiger partial charge in [0.15, 0.2) is 0 Å². The SMILES string of the molecule is Cc1cccc(C(=O)N/C(=C\c2cccs2)C(=O)NC2CCCCCCC2)c1. The van der Waals surface area contributed by atoms with Gasteiger partial charge in [0.2, 0.25) is 0 Å². The molecular weight excluding hydrogens is 368 g/mol. The molecule has 148 valence electrons. The molecule has 28 heavy (non-hydrogen) atoms. The lowest BCUT2D eigenvalue weighted by Gasteiger charge is -2.22. The summed E-state index contributed by atoms with van der Waals surface area (Å²) in [5.41, 5.74) is 1.86. The summed E-state index contributed by atoms with van der Waals surface area (Å²) in [6, 6.07) is 11.4. The van der Waals surface area contributed by atoms with Gasteiger partial charge in [-0.05, 0) is 49.4 Å². The predicted octanol–water partition coefficient (Wildman–Crippen LogP) is 5.06. The number of benzene rings is 1. The number of hydrogen-bond acceptors (Lipinski definition) is 3. The average molecular weight is 397 g/mol. The number of rotatable bonds is 5. The summed E-state index contributed by atoms with van der Waals surface area (Å²) >= 11 is 1.54. The largest absolute Gasteiger partial charge is 0.348 e.